The number of hydrogen-bond acceptors (Lipinski definition) is 6. The van der Waals surface area contributed by atoms with Crippen molar-refractivity contribution in [3.05, 3.63) is 81.1 Å². The minimum Gasteiger partial charge on any atom is -0.365 e. The first-order chi connectivity index (χ1) is 14.9. The minimum absolute atomic E-state index is 0.171. The first-order valence-electron chi connectivity index (χ1n) is 9.98. The molecule has 0 radical (unpaired) electrons. The summed E-state index contributed by atoms with van der Waals surface area (Å²) in [7, 11) is 0. The van der Waals surface area contributed by atoms with Gasteiger partial charge in [0, 0.05) is 19.3 Å². The Morgan fingerprint density at radius 3 is 2.61 bits per heavy atom. The van der Waals surface area contributed by atoms with E-state index in [0.29, 0.717) is 39.3 Å². The van der Waals surface area contributed by atoms with Crippen LogP contribution in [0.2, 0.25) is 0 Å². The second-order valence-electron chi connectivity index (χ2n) is 7.63. The van der Waals surface area contributed by atoms with E-state index in [0.717, 1.165) is 5.56 Å². The summed E-state index contributed by atoms with van der Waals surface area (Å²) in [5.74, 6) is 0.558. The molecule has 0 unspecified atom stereocenters. The lowest BCUT2D eigenvalue weighted by Crippen LogP contribution is -2.31. The van der Waals surface area contributed by atoms with Gasteiger partial charge >= 0.3 is 0 Å². The molecular weight excluding hydrogens is 428 g/mol. The average Bonchev–Trinajstić information content (AvgIpc) is 3.02. The molecule has 4 rings (SSSR count). The summed E-state index contributed by atoms with van der Waals surface area (Å²) in [6, 6.07) is 15.3. The van der Waals surface area contributed by atoms with Gasteiger partial charge in [0.1, 0.15) is 15.8 Å². The predicted octanol–water partition coefficient (Wildman–Crippen LogP) is 4.16. The van der Waals surface area contributed by atoms with Gasteiger partial charge < -0.3 is 5.32 Å². The number of pyridine rings is 1. The smallest absolute Gasteiger partial charge is 0.267 e. The van der Waals surface area contributed by atoms with Gasteiger partial charge in [-0.05, 0) is 29.7 Å². The number of amides is 1. The maximum Gasteiger partial charge on any atom is 0.267 e. The van der Waals surface area contributed by atoms with Crippen LogP contribution in [0, 0.1) is 5.92 Å². The number of carbonyl (C=O) groups excluding carboxylic acids is 1. The molecule has 1 amide bonds. The molecule has 1 aliphatic heterocycles. The van der Waals surface area contributed by atoms with Crippen LogP contribution >= 0.6 is 24.0 Å². The molecule has 1 aliphatic rings. The van der Waals surface area contributed by atoms with Gasteiger partial charge in [-0.15, -0.1) is 0 Å². The van der Waals surface area contributed by atoms with Crippen LogP contribution in [-0.4, -0.2) is 31.1 Å². The number of nitrogens with zero attached hydrogens (tertiary/aromatic N) is 3. The first kappa shape index (κ1) is 21.3. The fraction of sp³-hybridized carbons (Fsp3) is 0.217. The lowest BCUT2D eigenvalue weighted by Gasteiger charge is -2.16. The second-order valence-corrected chi connectivity index (χ2v) is 9.31. The Labute approximate surface area is 190 Å². The van der Waals surface area contributed by atoms with Gasteiger partial charge in [-0.2, -0.15) is 0 Å². The van der Waals surface area contributed by atoms with Gasteiger partial charge in [0.2, 0.25) is 0 Å². The topological polar surface area (TPSA) is 66.7 Å². The van der Waals surface area contributed by atoms with E-state index < -0.39 is 0 Å². The van der Waals surface area contributed by atoms with Crippen LogP contribution in [0.1, 0.15) is 25.0 Å². The molecule has 3 aromatic rings. The van der Waals surface area contributed by atoms with E-state index in [4.69, 9.17) is 12.2 Å². The molecule has 8 heteroatoms. The first-order valence-corrected chi connectivity index (χ1v) is 11.2. The van der Waals surface area contributed by atoms with Gasteiger partial charge in [0.25, 0.3) is 11.5 Å². The fourth-order valence-corrected chi connectivity index (χ4v) is 4.56. The van der Waals surface area contributed by atoms with E-state index in [1.807, 2.05) is 50.2 Å². The van der Waals surface area contributed by atoms with Crippen molar-refractivity contribution < 1.29 is 4.79 Å². The zero-order chi connectivity index (χ0) is 22.0. The summed E-state index contributed by atoms with van der Waals surface area (Å²) < 4.78 is 1.99. The van der Waals surface area contributed by atoms with Crippen LogP contribution in [0.3, 0.4) is 0 Å². The number of thiocarbonyl (C=S) groups is 1. The van der Waals surface area contributed by atoms with E-state index in [-0.39, 0.29) is 17.4 Å². The van der Waals surface area contributed by atoms with Gasteiger partial charge in [-0.25, -0.2) is 4.98 Å². The molecule has 158 valence electrons. The maximum absolute atomic E-state index is 13.3. The minimum atomic E-state index is -0.240. The SMILES string of the molecule is CC(C)CN1C(=O)C(=Cc2c(NCc3ccccc3)nc3ccccn3c2=O)SC1=S. The number of anilines is 1. The van der Waals surface area contributed by atoms with E-state index >= 15 is 0 Å². The van der Waals surface area contributed by atoms with Crippen LogP contribution in [0.15, 0.2) is 64.4 Å². The highest BCUT2D eigenvalue weighted by molar-refractivity contribution is 8.26. The summed E-state index contributed by atoms with van der Waals surface area (Å²) in [6.45, 7) is 5.13. The monoisotopic (exact) mass is 450 g/mol. The number of hydrogen-bond donors (Lipinski definition) is 1. The molecule has 1 fully saturated rings. The average molecular weight is 451 g/mol. The van der Waals surface area contributed by atoms with Crippen molar-refractivity contribution in [3.8, 4) is 0 Å². The number of nitrogens with one attached hydrogen (secondary N) is 1. The Kier molecular flexibility index (Phi) is 6.20. The van der Waals surface area contributed by atoms with Crippen molar-refractivity contribution in [1.29, 1.82) is 0 Å². The third-order valence-corrected chi connectivity index (χ3v) is 6.15. The van der Waals surface area contributed by atoms with Gasteiger partial charge in [-0.1, -0.05) is 74.2 Å². The lowest BCUT2D eigenvalue weighted by atomic mass is 10.2. The lowest BCUT2D eigenvalue weighted by molar-refractivity contribution is -0.122. The third kappa shape index (κ3) is 4.55. The van der Waals surface area contributed by atoms with Gasteiger partial charge in [-0.3, -0.25) is 18.9 Å². The number of aromatic nitrogens is 2. The van der Waals surface area contributed by atoms with E-state index in [1.54, 1.807) is 29.3 Å². The summed E-state index contributed by atoms with van der Waals surface area (Å²) in [6.07, 6.45) is 3.29. The summed E-state index contributed by atoms with van der Waals surface area (Å²) in [5, 5.41) is 3.27. The zero-order valence-electron chi connectivity index (χ0n) is 17.2. The Morgan fingerprint density at radius 1 is 1.13 bits per heavy atom. The van der Waals surface area contributed by atoms with Gasteiger partial charge in [0.15, 0.2) is 0 Å². The molecule has 2 aromatic heterocycles. The normalized spacial score (nSPS) is 15.5. The van der Waals surface area contributed by atoms with E-state index in [1.165, 1.54) is 16.2 Å². The number of rotatable bonds is 6. The molecule has 3 heterocycles. The summed E-state index contributed by atoms with van der Waals surface area (Å²) >= 11 is 6.62. The van der Waals surface area contributed by atoms with E-state index in [9.17, 15) is 9.59 Å². The summed E-state index contributed by atoms with van der Waals surface area (Å²) in [5.41, 5.74) is 1.69. The standard InChI is InChI=1S/C23H22N4O2S2/c1-15(2)14-27-22(29)18(31-23(27)30)12-17-20(24-13-16-8-4-3-5-9-16)25-19-10-6-7-11-26(19)21(17)28/h3-12,15,24H,13-14H2,1-2H3. The molecule has 0 spiro atoms. The molecule has 6 nitrogen and oxygen atoms in total. The van der Waals surface area contributed by atoms with Crippen LogP contribution < -0.4 is 10.9 Å². The van der Waals surface area contributed by atoms with Crippen molar-refractivity contribution in [2.45, 2.75) is 20.4 Å². The van der Waals surface area contributed by atoms with E-state index in [2.05, 4.69) is 10.3 Å². The quantitative estimate of drug-likeness (QED) is 0.449. The fourth-order valence-electron chi connectivity index (χ4n) is 3.30. The largest absolute Gasteiger partial charge is 0.365 e. The third-order valence-electron chi connectivity index (χ3n) is 4.77. The van der Waals surface area contributed by atoms with Crippen LogP contribution in [0.4, 0.5) is 5.82 Å². The zero-order valence-corrected chi connectivity index (χ0v) is 18.9. The molecule has 0 saturated carbocycles. The highest BCUT2D eigenvalue weighted by Crippen LogP contribution is 2.33. The van der Waals surface area contributed by atoms with Crippen molar-refractivity contribution in [2.75, 3.05) is 11.9 Å². The number of fused-ring (bicyclic) bond motifs is 1. The molecule has 1 aromatic carbocycles. The van der Waals surface area contributed by atoms with Crippen molar-refractivity contribution in [1.82, 2.24) is 14.3 Å². The number of benzene rings is 1. The molecule has 0 bridgehead atoms. The number of carbonyl (C=O) groups is 1. The molecule has 1 saturated heterocycles. The van der Waals surface area contributed by atoms with Crippen molar-refractivity contribution in [3.63, 3.8) is 0 Å². The van der Waals surface area contributed by atoms with Crippen molar-refractivity contribution >= 4 is 51.7 Å². The molecule has 31 heavy (non-hydrogen) atoms. The Morgan fingerprint density at radius 2 is 1.87 bits per heavy atom. The second kappa shape index (κ2) is 9.03. The summed E-state index contributed by atoms with van der Waals surface area (Å²) in [4.78, 5) is 32.9. The molecular formula is C23H22N4O2S2. The Balaban J connectivity index is 1.76. The Bertz CT molecular complexity index is 1240. The van der Waals surface area contributed by atoms with Crippen LogP contribution in [0.25, 0.3) is 11.7 Å². The Hall–Kier alpha value is -2.97. The van der Waals surface area contributed by atoms with Crippen LogP contribution in [0.5, 0.6) is 0 Å². The maximum atomic E-state index is 13.3. The highest BCUT2D eigenvalue weighted by Gasteiger charge is 2.32. The predicted molar refractivity (Wildman–Crippen MR) is 130 cm³/mol. The number of thioether (sulfide) groups is 1. The molecule has 1 N–H and O–H groups in total. The molecule has 0 atom stereocenters. The van der Waals surface area contributed by atoms with Crippen LogP contribution in [-0.2, 0) is 11.3 Å². The van der Waals surface area contributed by atoms with Crippen molar-refractivity contribution in [2.24, 2.45) is 5.92 Å². The highest BCUT2D eigenvalue weighted by atomic mass is 32.2. The molecule has 0 aliphatic carbocycles. The van der Waals surface area contributed by atoms with Gasteiger partial charge in [0.05, 0.1) is 10.5 Å².